The first-order valence-corrected chi connectivity index (χ1v) is 8.03. The van der Waals surface area contributed by atoms with Crippen molar-refractivity contribution in [1.82, 2.24) is 15.0 Å². The Morgan fingerprint density at radius 2 is 1.92 bits per heavy atom. The molecule has 1 aliphatic heterocycles. The number of amides is 1. The van der Waals surface area contributed by atoms with Crippen molar-refractivity contribution >= 4 is 11.9 Å². The van der Waals surface area contributed by atoms with E-state index in [0.29, 0.717) is 30.4 Å². The Kier molecular flexibility index (Phi) is 4.80. The molecule has 0 bridgehead atoms. The second-order valence-electron chi connectivity index (χ2n) is 6.12. The van der Waals surface area contributed by atoms with Gasteiger partial charge in [-0.25, -0.2) is 4.79 Å². The van der Waals surface area contributed by atoms with E-state index in [1.165, 1.54) is 24.3 Å². The molecule has 0 radical (unpaired) electrons. The zero-order valence-electron chi connectivity index (χ0n) is 14.0. The fourth-order valence-electron chi connectivity index (χ4n) is 2.60. The molecule has 1 amide bonds. The molecule has 2 heterocycles. The summed E-state index contributed by atoms with van der Waals surface area (Å²) in [4.78, 5) is 29.8. The van der Waals surface area contributed by atoms with Gasteiger partial charge in [0.1, 0.15) is 6.04 Å². The molecule has 0 spiro atoms. The van der Waals surface area contributed by atoms with Crippen LogP contribution in [0.5, 0.6) is 0 Å². The molecule has 1 N–H and O–H groups in total. The number of rotatable bonds is 4. The third kappa shape index (κ3) is 3.53. The van der Waals surface area contributed by atoms with Crippen LogP contribution in [0.3, 0.4) is 0 Å². The van der Waals surface area contributed by atoms with Crippen molar-refractivity contribution in [2.24, 2.45) is 0 Å². The summed E-state index contributed by atoms with van der Waals surface area (Å²) in [6, 6.07) is 5.41. The van der Waals surface area contributed by atoms with Gasteiger partial charge in [-0.1, -0.05) is 19.0 Å². The van der Waals surface area contributed by atoms with Gasteiger partial charge in [-0.15, -0.1) is 0 Å². The van der Waals surface area contributed by atoms with E-state index in [9.17, 15) is 9.59 Å². The van der Waals surface area contributed by atoms with Gasteiger partial charge < -0.3 is 19.3 Å². The van der Waals surface area contributed by atoms with E-state index in [0.717, 1.165) is 0 Å². The van der Waals surface area contributed by atoms with E-state index in [4.69, 9.17) is 14.4 Å². The minimum absolute atomic E-state index is 0.0958. The lowest BCUT2D eigenvalue weighted by Gasteiger charge is -2.33. The summed E-state index contributed by atoms with van der Waals surface area (Å²) in [5.41, 5.74) is 0.541. The largest absolute Gasteiger partial charge is 0.478 e. The third-order valence-corrected chi connectivity index (χ3v) is 4.02. The van der Waals surface area contributed by atoms with E-state index in [2.05, 4.69) is 10.1 Å². The minimum atomic E-state index is -1.03. The lowest BCUT2D eigenvalue weighted by Crippen LogP contribution is -2.43. The number of carbonyl (C=O) groups excluding carboxylic acids is 1. The van der Waals surface area contributed by atoms with Crippen LogP contribution in [0.4, 0.5) is 0 Å². The Morgan fingerprint density at radius 3 is 2.52 bits per heavy atom. The summed E-state index contributed by atoms with van der Waals surface area (Å²) >= 11 is 0. The van der Waals surface area contributed by atoms with E-state index in [1.54, 1.807) is 4.90 Å². The van der Waals surface area contributed by atoms with E-state index >= 15 is 0 Å². The molecule has 1 aromatic heterocycles. The van der Waals surface area contributed by atoms with Crippen molar-refractivity contribution in [2.75, 3.05) is 19.8 Å². The van der Waals surface area contributed by atoms with E-state index in [-0.39, 0.29) is 24.0 Å². The molecule has 8 nitrogen and oxygen atoms in total. The fourth-order valence-corrected chi connectivity index (χ4v) is 2.60. The molecular formula is C17H19N3O5. The summed E-state index contributed by atoms with van der Waals surface area (Å²) in [6.07, 6.45) is 0. The molecular weight excluding hydrogens is 326 g/mol. The van der Waals surface area contributed by atoms with Gasteiger partial charge in [0, 0.05) is 18.0 Å². The zero-order valence-corrected chi connectivity index (χ0v) is 14.0. The molecule has 0 aliphatic carbocycles. The molecule has 25 heavy (non-hydrogen) atoms. The van der Waals surface area contributed by atoms with Crippen molar-refractivity contribution in [2.45, 2.75) is 25.8 Å². The number of hydrogen-bond acceptors (Lipinski definition) is 6. The molecule has 2 aromatic rings. The van der Waals surface area contributed by atoms with Crippen LogP contribution in [-0.2, 0) is 4.74 Å². The van der Waals surface area contributed by atoms with Gasteiger partial charge in [-0.05, 0) is 24.3 Å². The average Bonchev–Trinajstić information content (AvgIpc) is 3.11. The molecule has 1 fully saturated rings. The van der Waals surface area contributed by atoms with Crippen LogP contribution in [0.15, 0.2) is 28.8 Å². The van der Waals surface area contributed by atoms with Crippen LogP contribution in [0.2, 0.25) is 0 Å². The van der Waals surface area contributed by atoms with Crippen LogP contribution in [0.25, 0.3) is 0 Å². The van der Waals surface area contributed by atoms with Crippen LogP contribution in [-0.4, -0.2) is 51.8 Å². The third-order valence-electron chi connectivity index (χ3n) is 4.02. The highest BCUT2D eigenvalue weighted by Gasteiger charge is 2.33. The van der Waals surface area contributed by atoms with Crippen molar-refractivity contribution in [3.8, 4) is 0 Å². The van der Waals surface area contributed by atoms with Gasteiger partial charge in [0.2, 0.25) is 5.89 Å². The first-order valence-electron chi connectivity index (χ1n) is 8.03. The number of aromatic nitrogens is 2. The quantitative estimate of drug-likeness (QED) is 0.904. The highest BCUT2D eigenvalue weighted by molar-refractivity contribution is 5.96. The number of benzene rings is 1. The number of hydrogen-bond donors (Lipinski definition) is 1. The van der Waals surface area contributed by atoms with E-state index in [1.807, 2.05) is 13.8 Å². The first kappa shape index (κ1) is 17.1. The summed E-state index contributed by atoms with van der Waals surface area (Å²) < 4.78 is 10.7. The fraction of sp³-hybridized carbons (Fsp3) is 0.412. The second-order valence-corrected chi connectivity index (χ2v) is 6.12. The molecule has 1 aliphatic rings. The molecule has 1 saturated heterocycles. The van der Waals surface area contributed by atoms with Gasteiger partial charge in [0.05, 0.1) is 18.8 Å². The highest BCUT2D eigenvalue weighted by atomic mass is 16.5. The maximum Gasteiger partial charge on any atom is 0.335 e. The summed E-state index contributed by atoms with van der Waals surface area (Å²) in [6.45, 7) is 5.00. The number of aromatic carboxylic acids is 1. The van der Waals surface area contributed by atoms with Crippen LogP contribution in [0.1, 0.15) is 58.2 Å². The normalized spacial score (nSPS) is 17.7. The maximum absolute atomic E-state index is 12.8. The van der Waals surface area contributed by atoms with Gasteiger partial charge in [-0.2, -0.15) is 4.98 Å². The smallest absolute Gasteiger partial charge is 0.335 e. The SMILES string of the molecule is CC(C)c1nc(C2COCCN2C(=O)c2ccc(C(=O)O)cc2)no1. The van der Waals surface area contributed by atoms with Gasteiger partial charge in [0.15, 0.2) is 5.82 Å². The topological polar surface area (TPSA) is 106 Å². The molecule has 0 saturated carbocycles. The molecule has 3 rings (SSSR count). The zero-order chi connectivity index (χ0) is 18.0. The lowest BCUT2D eigenvalue weighted by molar-refractivity contribution is -0.00577. The second kappa shape index (κ2) is 7.02. The average molecular weight is 345 g/mol. The molecule has 1 atom stereocenters. The molecule has 132 valence electrons. The Morgan fingerprint density at radius 1 is 1.24 bits per heavy atom. The number of carboxylic acid groups (broad SMARTS) is 1. The van der Waals surface area contributed by atoms with Crippen molar-refractivity contribution in [1.29, 1.82) is 0 Å². The summed E-state index contributed by atoms with van der Waals surface area (Å²) in [7, 11) is 0. The Bertz CT molecular complexity index is 769. The van der Waals surface area contributed by atoms with Crippen molar-refractivity contribution < 1.29 is 24.0 Å². The van der Waals surface area contributed by atoms with Gasteiger partial charge in [0.25, 0.3) is 5.91 Å². The van der Waals surface area contributed by atoms with Crippen LogP contribution < -0.4 is 0 Å². The summed E-state index contributed by atoms with van der Waals surface area (Å²) in [5, 5.41) is 12.9. The monoisotopic (exact) mass is 345 g/mol. The van der Waals surface area contributed by atoms with Crippen molar-refractivity contribution in [3.05, 3.63) is 47.1 Å². The summed E-state index contributed by atoms with van der Waals surface area (Å²) in [5.74, 6) is -0.228. The van der Waals surface area contributed by atoms with Gasteiger partial charge in [-0.3, -0.25) is 4.79 Å². The van der Waals surface area contributed by atoms with E-state index < -0.39 is 12.0 Å². The minimum Gasteiger partial charge on any atom is -0.478 e. The number of carboxylic acids is 1. The van der Waals surface area contributed by atoms with Crippen LogP contribution in [0, 0.1) is 0 Å². The number of morpholine rings is 1. The number of carbonyl (C=O) groups is 2. The van der Waals surface area contributed by atoms with Crippen LogP contribution >= 0.6 is 0 Å². The molecule has 8 heteroatoms. The van der Waals surface area contributed by atoms with Crippen molar-refractivity contribution in [3.63, 3.8) is 0 Å². The Balaban J connectivity index is 1.84. The lowest BCUT2D eigenvalue weighted by atomic mass is 10.1. The number of ether oxygens (including phenoxy) is 1. The molecule has 1 unspecified atom stereocenters. The Hall–Kier alpha value is -2.74. The van der Waals surface area contributed by atoms with Gasteiger partial charge >= 0.3 is 5.97 Å². The molecule has 1 aromatic carbocycles. The Labute approximate surface area is 144 Å². The first-order chi connectivity index (χ1) is 12.0. The maximum atomic E-state index is 12.8. The highest BCUT2D eigenvalue weighted by Crippen LogP contribution is 2.25. The number of nitrogens with zero attached hydrogens (tertiary/aromatic N) is 3. The predicted molar refractivity (Wildman–Crippen MR) is 86.4 cm³/mol. The predicted octanol–water partition coefficient (Wildman–Crippen LogP) is 2.10. The standard InChI is InChI=1S/C17H19N3O5/c1-10(2)15-18-14(19-25-15)13-9-24-8-7-20(13)16(21)11-3-5-12(6-4-11)17(22)23/h3-6,10,13H,7-9H2,1-2H3,(H,22,23).